The molecule has 0 spiro atoms. The summed E-state index contributed by atoms with van der Waals surface area (Å²) in [4.78, 5) is 181. The van der Waals surface area contributed by atoms with E-state index in [9.17, 15) is 67.7 Å². The molecule has 38 nitrogen and oxygen atoms in total. The van der Waals surface area contributed by atoms with E-state index in [-0.39, 0.29) is 145 Å². The Labute approximate surface area is 623 Å². The first-order valence-corrected chi connectivity index (χ1v) is 37.1. The number of nitrogens with two attached hydrogens (primary N) is 10. The number of nitrogens with one attached hydrogen (secondary N) is 10. The Bertz CT molecular complexity index is 2830. The zero-order valence-corrected chi connectivity index (χ0v) is 63.5. The summed E-state index contributed by atoms with van der Waals surface area (Å²) < 4.78 is 0. The van der Waals surface area contributed by atoms with Crippen molar-refractivity contribution in [1.82, 2.24) is 53.2 Å². The number of primary amides is 2. The van der Waals surface area contributed by atoms with Gasteiger partial charge in [-0.2, -0.15) is 0 Å². The standard InChI is InChI=1S/C68H130N24O14/c1-8-10-11-12-13-14-15-16-17-18-19-20-21-30-53(96)83-43(26-22-31-79-65(71)72)56(98)88-48(35-40(3)4)60(102)85-45(28-24-33-81-67(75)76)58(100)91-51(39-94)63(105)92-54(42(7)9-2)64(106)86-46(29-25-34-82-68(77)78)59(101)90-50(38-93)62(104)89-49(36-41(5)6)61(103)84-44(27-23-32-80-66(73)74)57(99)87-47(55(70)97)37-52(69)95/h40-51,54,93-94H,8-39H2,1-7H3,(H2,69,95)(H2,70,97)(H,83,96)(H,84,103)(H,85,102)(H,86,106)(H,87,99)(H,88,98)(H,89,104)(H,90,101)(H,91,100)(H,92,105)(H4,71,72,79)(H4,73,74,80)(H4,75,76,81)(H4,77,78,82)/t42-,43-,44-,45-,46-,47-,48-,49-,50-,51-,54-/m0/s1. The molecule has 0 aromatic rings. The van der Waals surface area contributed by atoms with Crippen LogP contribution in [0.4, 0.5) is 0 Å². The number of unbranched alkanes of at least 4 members (excludes halogenated alkanes) is 12. The molecule has 0 fully saturated rings. The topological polar surface area (TPSA) is 675 Å². The van der Waals surface area contributed by atoms with Gasteiger partial charge < -0.3 is 121 Å². The Hall–Kier alpha value is -9.36. The smallest absolute Gasteiger partial charge is 0.245 e. The Morgan fingerprint density at radius 2 is 0.594 bits per heavy atom. The number of hydrogen-bond acceptors (Lipinski definition) is 18. The van der Waals surface area contributed by atoms with Crippen LogP contribution in [0, 0.1) is 17.8 Å². The van der Waals surface area contributed by atoms with Gasteiger partial charge in [0.15, 0.2) is 23.8 Å². The van der Waals surface area contributed by atoms with Crippen molar-refractivity contribution >= 4 is 94.7 Å². The van der Waals surface area contributed by atoms with Gasteiger partial charge in [0.1, 0.15) is 60.4 Å². The van der Waals surface area contributed by atoms with Crippen LogP contribution in [-0.2, 0) is 57.5 Å². The number of guanidine groups is 4. The van der Waals surface area contributed by atoms with Gasteiger partial charge in [-0.3, -0.25) is 77.5 Å². The molecule has 12 amide bonds. The van der Waals surface area contributed by atoms with Crippen molar-refractivity contribution in [3.63, 3.8) is 0 Å². The molecule has 0 aromatic heterocycles. The largest absolute Gasteiger partial charge is 0.394 e. The molecule has 0 unspecified atom stereocenters. The number of aliphatic hydroxyl groups excluding tert-OH is 2. The van der Waals surface area contributed by atoms with E-state index in [1.54, 1.807) is 41.5 Å². The third-order valence-corrected chi connectivity index (χ3v) is 17.0. The van der Waals surface area contributed by atoms with Gasteiger partial charge in [0.05, 0.1) is 19.6 Å². The molecule has 11 atom stereocenters. The van der Waals surface area contributed by atoms with Crippen LogP contribution in [-0.4, -0.2) is 205 Å². The molecule has 0 radical (unpaired) electrons. The second-order valence-electron chi connectivity index (χ2n) is 27.5. The minimum atomic E-state index is -1.80. The maximum Gasteiger partial charge on any atom is 0.245 e. The second kappa shape index (κ2) is 56.0. The summed E-state index contributed by atoms with van der Waals surface area (Å²) in [6.45, 7) is 10.5. The van der Waals surface area contributed by atoms with Crippen molar-refractivity contribution in [3.05, 3.63) is 0 Å². The number of nitrogens with zero attached hydrogens (tertiary/aromatic N) is 4. The van der Waals surface area contributed by atoms with Crippen LogP contribution in [0.15, 0.2) is 20.0 Å². The number of carbonyl (C=O) groups is 12. The van der Waals surface area contributed by atoms with Gasteiger partial charge >= 0.3 is 0 Å². The van der Waals surface area contributed by atoms with E-state index >= 15 is 0 Å². The van der Waals surface area contributed by atoms with Crippen molar-refractivity contribution in [3.8, 4) is 0 Å². The maximum absolute atomic E-state index is 14.5. The van der Waals surface area contributed by atoms with Gasteiger partial charge in [0, 0.05) is 32.6 Å². The lowest BCUT2D eigenvalue weighted by Crippen LogP contribution is -2.62. The Morgan fingerprint density at radius 1 is 0.321 bits per heavy atom. The predicted molar refractivity (Wildman–Crippen MR) is 405 cm³/mol. The van der Waals surface area contributed by atoms with Gasteiger partial charge in [0.25, 0.3) is 0 Å². The highest BCUT2D eigenvalue weighted by Crippen LogP contribution is 2.16. The highest BCUT2D eigenvalue weighted by Gasteiger charge is 2.37. The fourth-order valence-corrected chi connectivity index (χ4v) is 11.0. The molecule has 32 N–H and O–H groups in total. The number of carbonyl (C=O) groups excluding carboxylic acids is 12. The van der Waals surface area contributed by atoms with E-state index in [4.69, 9.17) is 57.3 Å². The van der Waals surface area contributed by atoms with E-state index in [0.29, 0.717) is 6.42 Å². The third kappa shape index (κ3) is 45.1. The molecule has 606 valence electrons. The highest BCUT2D eigenvalue weighted by atomic mass is 16.3. The van der Waals surface area contributed by atoms with Crippen LogP contribution in [0.1, 0.15) is 215 Å². The van der Waals surface area contributed by atoms with E-state index < -0.39 is 151 Å². The molecule has 106 heavy (non-hydrogen) atoms. The van der Waals surface area contributed by atoms with Gasteiger partial charge in [-0.1, -0.05) is 132 Å². The summed E-state index contributed by atoms with van der Waals surface area (Å²) in [6, 6.07) is -14.9. The highest BCUT2D eigenvalue weighted by molar-refractivity contribution is 5.99. The first kappa shape index (κ1) is 96.6. The fraction of sp³-hybridized carbons (Fsp3) is 0.765. The van der Waals surface area contributed by atoms with Crippen LogP contribution < -0.4 is 111 Å². The lowest BCUT2D eigenvalue weighted by Gasteiger charge is -2.29. The van der Waals surface area contributed by atoms with E-state index in [1.165, 1.54) is 51.4 Å². The summed E-state index contributed by atoms with van der Waals surface area (Å²) in [6.07, 6.45) is 14.4. The van der Waals surface area contributed by atoms with Crippen molar-refractivity contribution < 1.29 is 67.7 Å². The average Bonchev–Trinajstić information content (AvgIpc) is 0.868. The summed E-state index contributed by atoms with van der Waals surface area (Å²) in [5.74, 6) is -13.2. The Kier molecular flexibility index (Phi) is 51.1. The van der Waals surface area contributed by atoms with Crippen LogP contribution in [0.25, 0.3) is 0 Å². The van der Waals surface area contributed by atoms with Crippen molar-refractivity contribution in [1.29, 1.82) is 0 Å². The average molecular weight is 1510 g/mol. The molecule has 0 aliphatic rings. The molecule has 0 bridgehead atoms. The third-order valence-electron chi connectivity index (χ3n) is 17.0. The van der Waals surface area contributed by atoms with Crippen molar-refractivity contribution in [2.45, 2.75) is 276 Å². The monoisotopic (exact) mass is 1510 g/mol. The molecule has 0 aliphatic carbocycles. The maximum atomic E-state index is 14.5. The van der Waals surface area contributed by atoms with E-state index in [2.05, 4.69) is 80.1 Å². The minimum Gasteiger partial charge on any atom is -0.394 e. The molecule has 0 heterocycles. The summed E-state index contributed by atoms with van der Waals surface area (Å²) in [5.41, 5.74) is 54.8. The zero-order valence-electron chi connectivity index (χ0n) is 63.5. The van der Waals surface area contributed by atoms with Gasteiger partial charge in [0.2, 0.25) is 70.9 Å². The predicted octanol–water partition coefficient (Wildman–Crippen LogP) is -3.99. The van der Waals surface area contributed by atoms with E-state index in [1.807, 2.05) is 0 Å². The fourth-order valence-electron chi connectivity index (χ4n) is 11.0. The number of amides is 12. The summed E-state index contributed by atoms with van der Waals surface area (Å²) in [5, 5.41) is 46.8. The van der Waals surface area contributed by atoms with Crippen LogP contribution in [0.2, 0.25) is 0 Å². The van der Waals surface area contributed by atoms with Crippen LogP contribution in [0.3, 0.4) is 0 Å². The molecule has 0 aliphatic heterocycles. The number of hydrogen-bond donors (Lipinski definition) is 22. The molecule has 0 saturated carbocycles. The lowest BCUT2D eigenvalue weighted by atomic mass is 9.97. The molecular formula is C68H130N24O14. The van der Waals surface area contributed by atoms with Gasteiger partial charge in [-0.05, 0) is 88.4 Å². The Balaban J connectivity index is 6.87. The van der Waals surface area contributed by atoms with Crippen LogP contribution in [0.5, 0.6) is 0 Å². The zero-order chi connectivity index (χ0) is 80.3. The van der Waals surface area contributed by atoms with Gasteiger partial charge in [-0.15, -0.1) is 0 Å². The minimum absolute atomic E-state index is 0.00133. The molecular weight excluding hydrogens is 1380 g/mol. The van der Waals surface area contributed by atoms with Crippen molar-refractivity contribution in [2.75, 3.05) is 39.4 Å². The summed E-state index contributed by atoms with van der Waals surface area (Å²) in [7, 11) is 0. The normalized spacial score (nSPS) is 14.2. The Morgan fingerprint density at radius 3 is 0.896 bits per heavy atom. The molecule has 0 saturated heterocycles. The molecule has 0 rings (SSSR count). The van der Waals surface area contributed by atoms with Crippen molar-refractivity contribution in [2.24, 2.45) is 95.1 Å². The quantitative estimate of drug-likeness (QED) is 0.0157. The SMILES string of the molecule is CCCCCCCCCCCCCCCC(=O)N[C@@H](CCCN=C(N)N)C(=O)N[C@@H](CC(C)C)C(=O)N[C@@H](CCCN=C(N)N)C(=O)N[C@@H](CO)C(=O)N[C@H](C(=O)N[C@@H](CCCN=C(N)N)C(=O)N[C@@H](CO)C(=O)N[C@@H](CC(C)C)C(=O)N[C@@H](CCCN=C(N)N)C(=O)N[C@@H](CC(N)=O)C(N)=O)[C@@H](C)CC. The lowest BCUT2D eigenvalue weighted by molar-refractivity contribution is -0.137. The number of rotatable bonds is 60. The molecule has 0 aromatic carbocycles. The van der Waals surface area contributed by atoms with Crippen LogP contribution >= 0.6 is 0 Å². The number of aliphatic hydroxyl groups is 2. The summed E-state index contributed by atoms with van der Waals surface area (Å²) >= 11 is 0. The number of aliphatic imine (C=N–C) groups is 4. The van der Waals surface area contributed by atoms with E-state index in [0.717, 1.165) is 25.7 Å². The second-order valence-corrected chi connectivity index (χ2v) is 27.5. The molecule has 38 heteroatoms. The van der Waals surface area contributed by atoms with Gasteiger partial charge in [-0.25, -0.2) is 0 Å². The first-order valence-electron chi connectivity index (χ1n) is 37.1. The first-order chi connectivity index (χ1) is 50.1.